The number of nitrogens with zero attached hydrogens (tertiary/aromatic N) is 3. The molecule has 1 atom stereocenters. The highest BCUT2D eigenvalue weighted by Crippen LogP contribution is 2.21. The van der Waals surface area contributed by atoms with E-state index in [0.717, 1.165) is 30.8 Å². The Labute approximate surface area is 155 Å². The largest absolute Gasteiger partial charge is 0.353 e. The third-order valence-electron chi connectivity index (χ3n) is 4.54. The molecule has 1 aliphatic carbocycles. The fraction of sp³-hybridized carbons (Fsp3) is 0.429. The molecule has 1 aliphatic rings. The van der Waals surface area contributed by atoms with Crippen molar-refractivity contribution in [3.05, 3.63) is 53.3 Å². The minimum atomic E-state index is 0.353. The molecule has 0 saturated heterocycles. The minimum Gasteiger partial charge on any atom is -0.353 e. The van der Waals surface area contributed by atoms with Gasteiger partial charge in [0.05, 0.1) is 12.2 Å². The SMILES string of the molecule is CN=C(NCC#Cc1ccccc1)NC1CCc2cn(C(C)C)nc2C1. The van der Waals surface area contributed by atoms with E-state index in [-0.39, 0.29) is 0 Å². The lowest BCUT2D eigenvalue weighted by Gasteiger charge is -2.24. The predicted octanol–water partition coefficient (Wildman–Crippen LogP) is 2.54. The second-order valence-corrected chi connectivity index (χ2v) is 6.85. The van der Waals surface area contributed by atoms with Gasteiger partial charge in [-0.05, 0) is 44.4 Å². The van der Waals surface area contributed by atoms with Crippen LogP contribution in [0.2, 0.25) is 0 Å². The van der Waals surface area contributed by atoms with E-state index in [1.54, 1.807) is 7.05 Å². The number of aliphatic imine (C=N–C) groups is 1. The predicted molar refractivity (Wildman–Crippen MR) is 106 cm³/mol. The summed E-state index contributed by atoms with van der Waals surface area (Å²) in [4.78, 5) is 4.32. The zero-order valence-electron chi connectivity index (χ0n) is 15.8. The number of rotatable bonds is 3. The summed E-state index contributed by atoms with van der Waals surface area (Å²) in [5.41, 5.74) is 3.62. The molecule has 0 radical (unpaired) electrons. The summed E-state index contributed by atoms with van der Waals surface area (Å²) in [7, 11) is 1.79. The average Bonchev–Trinajstić information content (AvgIpc) is 3.09. The smallest absolute Gasteiger partial charge is 0.191 e. The Hall–Kier alpha value is -2.74. The van der Waals surface area contributed by atoms with E-state index in [0.29, 0.717) is 18.6 Å². The number of aryl methyl sites for hydroxylation is 1. The molecule has 5 heteroatoms. The van der Waals surface area contributed by atoms with Crippen LogP contribution in [0.25, 0.3) is 0 Å². The Bertz CT molecular complexity index is 808. The van der Waals surface area contributed by atoms with Crippen molar-refractivity contribution in [2.75, 3.05) is 13.6 Å². The Morgan fingerprint density at radius 3 is 2.88 bits per heavy atom. The standard InChI is InChI=1S/C21H27N5/c1-16(2)26-15-18-11-12-19(14-20(18)25-26)24-21(22-3)23-13-7-10-17-8-5-4-6-9-17/h4-6,8-9,15-16,19H,11-14H2,1-3H3,(H2,22,23,24). The zero-order chi connectivity index (χ0) is 18.4. The maximum Gasteiger partial charge on any atom is 0.191 e. The highest BCUT2D eigenvalue weighted by molar-refractivity contribution is 5.80. The normalized spacial score (nSPS) is 16.6. The topological polar surface area (TPSA) is 54.2 Å². The molecule has 5 nitrogen and oxygen atoms in total. The number of fused-ring (bicyclic) bond motifs is 1. The molecule has 0 saturated carbocycles. The van der Waals surface area contributed by atoms with Crippen molar-refractivity contribution in [2.45, 2.75) is 45.2 Å². The zero-order valence-corrected chi connectivity index (χ0v) is 15.8. The Morgan fingerprint density at radius 2 is 2.15 bits per heavy atom. The first-order valence-electron chi connectivity index (χ1n) is 9.23. The molecule has 0 spiro atoms. The van der Waals surface area contributed by atoms with Crippen LogP contribution in [0, 0.1) is 11.8 Å². The van der Waals surface area contributed by atoms with Crippen molar-refractivity contribution >= 4 is 5.96 Å². The van der Waals surface area contributed by atoms with Crippen LogP contribution in [0.1, 0.15) is 43.1 Å². The fourth-order valence-electron chi connectivity index (χ4n) is 3.08. The third-order valence-corrected chi connectivity index (χ3v) is 4.54. The maximum atomic E-state index is 4.74. The second kappa shape index (κ2) is 8.57. The maximum absolute atomic E-state index is 4.74. The molecule has 136 valence electrons. The average molecular weight is 349 g/mol. The lowest BCUT2D eigenvalue weighted by atomic mass is 9.94. The fourth-order valence-corrected chi connectivity index (χ4v) is 3.08. The van der Waals surface area contributed by atoms with Gasteiger partial charge in [0.25, 0.3) is 0 Å². The number of hydrogen-bond donors (Lipinski definition) is 2. The van der Waals surface area contributed by atoms with E-state index in [1.807, 2.05) is 30.3 Å². The second-order valence-electron chi connectivity index (χ2n) is 6.85. The number of benzene rings is 1. The molecular weight excluding hydrogens is 322 g/mol. The number of aromatic nitrogens is 2. The number of nitrogens with one attached hydrogen (secondary N) is 2. The third kappa shape index (κ3) is 4.66. The van der Waals surface area contributed by atoms with E-state index in [9.17, 15) is 0 Å². The van der Waals surface area contributed by atoms with Gasteiger partial charge in [0.1, 0.15) is 0 Å². The molecule has 1 heterocycles. The molecule has 2 N–H and O–H groups in total. The van der Waals surface area contributed by atoms with Crippen LogP contribution in [-0.2, 0) is 12.8 Å². The first-order valence-corrected chi connectivity index (χ1v) is 9.23. The molecule has 26 heavy (non-hydrogen) atoms. The van der Waals surface area contributed by atoms with Gasteiger partial charge in [-0.3, -0.25) is 9.67 Å². The van der Waals surface area contributed by atoms with Crippen LogP contribution in [0.5, 0.6) is 0 Å². The van der Waals surface area contributed by atoms with Crippen molar-refractivity contribution < 1.29 is 0 Å². The summed E-state index contributed by atoms with van der Waals surface area (Å²) in [5.74, 6) is 7.08. The lowest BCUT2D eigenvalue weighted by Crippen LogP contribution is -2.45. The quantitative estimate of drug-likeness (QED) is 0.509. The summed E-state index contributed by atoms with van der Waals surface area (Å²) in [5, 5.41) is 11.5. The highest BCUT2D eigenvalue weighted by Gasteiger charge is 2.22. The summed E-state index contributed by atoms with van der Waals surface area (Å²) >= 11 is 0. The van der Waals surface area contributed by atoms with Gasteiger partial charge < -0.3 is 10.6 Å². The molecule has 2 aromatic rings. The van der Waals surface area contributed by atoms with Crippen LogP contribution < -0.4 is 10.6 Å². The van der Waals surface area contributed by atoms with Crippen molar-refractivity contribution in [1.82, 2.24) is 20.4 Å². The van der Waals surface area contributed by atoms with Crippen LogP contribution in [0.4, 0.5) is 0 Å². The van der Waals surface area contributed by atoms with E-state index in [2.05, 4.69) is 52.2 Å². The Balaban J connectivity index is 1.52. The van der Waals surface area contributed by atoms with Crippen molar-refractivity contribution in [2.24, 2.45) is 4.99 Å². The van der Waals surface area contributed by atoms with E-state index in [4.69, 9.17) is 5.10 Å². The number of hydrogen-bond acceptors (Lipinski definition) is 2. The van der Waals surface area contributed by atoms with Crippen LogP contribution in [0.3, 0.4) is 0 Å². The van der Waals surface area contributed by atoms with E-state index in [1.165, 1.54) is 11.3 Å². The molecule has 1 aromatic heterocycles. The first-order chi connectivity index (χ1) is 12.7. The first kappa shape index (κ1) is 18.1. The van der Waals surface area contributed by atoms with Crippen LogP contribution >= 0.6 is 0 Å². The van der Waals surface area contributed by atoms with Crippen molar-refractivity contribution in [3.8, 4) is 11.8 Å². The van der Waals surface area contributed by atoms with Crippen molar-refractivity contribution in [3.63, 3.8) is 0 Å². The molecule has 0 aliphatic heterocycles. The molecular formula is C21H27N5. The summed E-state index contributed by atoms with van der Waals surface area (Å²) < 4.78 is 2.07. The van der Waals surface area contributed by atoms with Gasteiger partial charge >= 0.3 is 0 Å². The van der Waals surface area contributed by atoms with Gasteiger partial charge in [-0.15, -0.1) is 0 Å². The molecule has 1 unspecified atom stereocenters. The van der Waals surface area contributed by atoms with Gasteiger partial charge in [-0.25, -0.2) is 0 Å². The molecule has 3 rings (SSSR count). The van der Waals surface area contributed by atoms with Crippen molar-refractivity contribution in [1.29, 1.82) is 0 Å². The van der Waals surface area contributed by atoms with Gasteiger partial charge in [0.15, 0.2) is 5.96 Å². The summed E-state index contributed by atoms with van der Waals surface area (Å²) in [6.45, 7) is 4.89. The van der Waals surface area contributed by atoms with Gasteiger partial charge in [0, 0.05) is 37.3 Å². The Kier molecular flexibility index (Phi) is 5.96. The van der Waals surface area contributed by atoms with Gasteiger partial charge in [-0.2, -0.15) is 5.10 Å². The molecule has 0 amide bonds. The molecule has 0 fully saturated rings. The van der Waals surface area contributed by atoms with Gasteiger partial charge in [-0.1, -0.05) is 30.0 Å². The number of guanidine groups is 1. The Morgan fingerprint density at radius 1 is 1.35 bits per heavy atom. The summed E-state index contributed by atoms with van der Waals surface area (Å²) in [6.07, 6.45) is 5.28. The minimum absolute atomic E-state index is 0.353. The van der Waals surface area contributed by atoms with E-state index >= 15 is 0 Å². The monoisotopic (exact) mass is 349 g/mol. The highest BCUT2D eigenvalue weighted by atomic mass is 15.3. The molecule has 0 bridgehead atoms. The lowest BCUT2D eigenvalue weighted by molar-refractivity contribution is 0.500. The summed E-state index contributed by atoms with van der Waals surface area (Å²) in [6, 6.07) is 10.8. The van der Waals surface area contributed by atoms with Gasteiger partial charge in [0.2, 0.25) is 0 Å². The van der Waals surface area contributed by atoms with Crippen LogP contribution in [0.15, 0.2) is 41.5 Å². The van der Waals surface area contributed by atoms with E-state index < -0.39 is 0 Å². The molecule has 1 aromatic carbocycles. The van der Waals surface area contributed by atoms with Crippen LogP contribution in [-0.4, -0.2) is 35.4 Å².